The van der Waals surface area contributed by atoms with Gasteiger partial charge in [-0.3, -0.25) is 4.21 Å². The summed E-state index contributed by atoms with van der Waals surface area (Å²) < 4.78 is 23.6. The molecule has 5 rings (SSSR count). The summed E-state index contributed by atoms with van der Waals surface area (Å²) in [7, 11) is -0.814. The number of benzene rings is 2. The first-order chi connectivity index (χ1) is 17.0. The summed E-state index contributed by atoms with van der Waals surface area (Å²) >= 11 is 1.87. The molecule has 2 unspecified atom stereocenters. The van der Waals surface area contributed by atoms with E-state index in [-0.39, 0.29) is 12.7 Å². The van der Waals surface area contributed by atoms with E-state index in [4.69, 9.17) is 9.47 Å². The van der Waals surface area contributed by atoms with E-state index in [1.54, 1.807) is 6.26 Å². The van der Waals surface area contributed by atoms with Crippen LogP contribution in [0.25, 0.3) is 11.1 Å². The first-order valence-corrected chi connectivity index (χ1v) is 14.8. The molecule has 0 amide bonds. The van der Waals surface area contributed by atoms with Crippen LogP contribution in [0.1, 0.15) is 46.8 Å². The van der Waals surface area contributed by atoms with Gasteiger partial charge in [0, 0.05) is 45.7 Å². The molecule has 0 radical (unpaired) electrons. The molecule has 1 aromatic heterocycles. The maximum atomic E-state index is 11.3. The highest BCUT2D eigenvalue weighted by atomic mass is 32.2. The maximum Gasteiger partial charge on any atom is 0.214 e. The molecule has 2 aliphatic rings. The smallest absolute Gasteiger partial charge is 0.214 e. The van der Waals surface area contributed by atoms with E-state index in [2.05, 4.69) is 36.2 Å². The zero-order chi connectivity index (χ0) is 24.4. The van der Waals surface area contributed by atoms with Gasteiger partial charge in [-0.25, -0.2) is 4.98 Å². The molecule has 184 valence electrons. The van der Waals surface area contributed by atoms with E-state index in [1.807, 2.05) is 30.1 Å². The van der Waals surface area contributed by atoms with Gasteiger partial charge in [0.05, 0.1) is 13.2 Å². The van der Waals surface area contributed by atoms with E-state index in [1.165, 1.54) is 21.6 Å². The number of nitrogens with zero attached hydrogens (tertiary/aromatic N) is 1. The lowest BCUT2D eigenvalue weighted by Crippen LogP contribution is -2.06. The normalized spacial score (nSPS) is 17.2. The average Bonchev–Trinajstić information content (AvgIpc) is 3.48. The Labute approximate surface area is 213 Å². The number of hydrogen-bond acceptors (Lipinski definition) is 6. The molecule has 3 aromatic rings. The molecule has 0 saturated carbocycles. The summed E-state index contributed by atoms with van der Waals surface area (Å²) in [6.45, 7) is 2.52. The first kappa shape index (κ1) is 24.3. The Morgan fingerprint density at radius 3 is 2.94 bits per heavy atom. The number of aryl methyl sites for hydroxylation is 2. The van der Waals surface area contributed by atoms with Crippen molar-refractivity contribution in [1.82, 2.24) is 4.98 Å². The summed E-state index contributed by atoms with van der Waals surface area (Å²) in [5, 5.41) is 10.2. The molecule has 1 aliphatic carbocycles. The van der Waals surface area contributed by atoms with Crippen LogP contribution in [0.4, 0.5) is 0 Å². The summed E-state index contributed by atoms with van der Waals surface area (Å²) in [5.41, 5.74) is 7.95. The lowest BCUT2D eigenvalue weighted by Gasteiger charge is -2.19. The molecule has 2 heterocycles. The largest absolute Gasteiger partial charge is 0.494 e. The van der Waals surface area contributed by atoms with Crippen molar-refractivity contribution in [2.24, 2.45) is 0 Å². The van der Waals surface area contributed by atoms with Crippen molar-refractivity contribution >= 4 is 22.6 Å². The number of ether oxygens (including phenoxy) is 2. The fourth-order valence-corrected chi connectivity index (χ4v) is 6.68. The van der Waals surface area contributed by atoms with Crippen molar-refractivity contribution in [2.75, 3.05) is 24.4 Å². The molecule has 2 aromatic carbocycles. The monoisotopic (exact) mass is 509 g/mol. The Bertz CT molecular complexity index is 1260. The van der Waals surface area contributed by atoms with Gasteiger partial charge in [-0.2, -0.15) is 0 Å². The molecule has 0 fully saturated rings. The van der Waals surface area contributed by atoms with Crippen LogP contribution in [-0.4, -0.2) is 38.7 Å². The van der Waals surface area contributed by atoms with E-state index in [0.29, 0.717) is 18.2 Å². The molecule has 1 N–H and O–H groups in total. The molecular weight excluding hydrogens is 478 g/mol. The second-order valence-corrected chi connectivity index (χ2v) is 11.9. The number of fused-ring (bicyclic) bond motifs is 2. The summed E-state index contributed by atoms with van der Waals surface area (Å²) in [6.07, 6.45) is 7.30. The number of aliphatic hydroxyl groups excluding tert-OH is 1. The fourth-order valence-electron chi connectivity index (χ4n) is 5.09. The average molecular weight is 510 g/mol. The third-order valence-electron chi connectivity index (χ3n) is 6.70. The Kier molecular flexibility index (Phi) is 7.46. The van der Waals surface area contributed by atoms with E-state index in [9.17, 15) is 9.32 Å². The van der Waals surface area contributed by atoms with Gasteiger partial charge in [-0.1, -0.05) is 18.2 Å². The lowest BCUT2D eigenvalue weighted by molar-refractivity contribution is 0.198. The maximum absolute atomic E-state index is 11.3. The zero-order valence-corrected chi connectivity index (χ0v) is 21.8. The lowest BCUT2D eigenvalue weighted by atomic mass is 9.90. The van der Waals surface area contributed by atoms with Crippen molar-refractivity contribution in [3.05, 3.63) is 70.4 Å². The number of aromatic nitrogens is 1. The Hall–Kier alpha value is -2.35. The minimum absolute atomic E-state index is 0.0218. The summed E-state index contributed by atoms with van der Waals surface area (Å²) in [6, 6.07) is 12.4. The third-order valence-corrected chi connectivity index (χ3v) is 8.66. The molecule has 7 heteroatoms. The molecule has 1 aliphatic heterocycles. The van der Waals surface area contributed by atoms with Crippen LogP contribution >= 0.6 is 11.8 Å². The van der Waals surface area contributed by atoms with Gasteiger partial charge in [0.2, 0.25) is 5.88 Å². The van der Waals surface area contributed by atoms with Crippen LogP contribution in [-0.2, 0) is 30.2 Å². The Morgan fingerprint density at radius 2 is 2.11 bits per heavy atom. The van der Waals surface area contributed by atoms with Crippen molar-refractivity contribution in [2.45, 2.75) is 50.2 Å². The van der Waals surface area contributed by atoms with Gasteiger partial charge < -0.3 is 14.6 Å². The predicted octanol–water partition coefficient (Wildman–Crippen LogP) is 5.41. The highest BCUT2D eigenvalue weighted by Crippen LogP contribution is 2.43. The summed E-state index contributed by atoms with van der Waals surface area (Å²) in [4.78, 5) is 5.85. The van der Waals surface area contributed by atoms with Gasteiger partial charge in [0.1, 0.15) is 11.9 Å². The van der Waals surface area contributed by atoms with Gasteiger partial charge in [-0.15, -0.1) is 11.8 Å². The SMILES string of the molecule is Cc1cc(OCCCS(C)=O)cc(CO)c1-c1cccc2c1CCC2Oc1cc2c(cn1)CCS2. The number of hydrogen-bond donors (Lipinski definition) is 1. The van der Waals surface area contributed by atoms with Gasteiger partial charge >= 0.3 is 0 Å². The van der Waals surface area contributed by atoms with E-state index in [0.717, 1.165) is 59.4 Å². The quantitative estimate of drug-likeness (QED) is 0.389. The predicted molar refractivity (Wildman–Crippen MR) is 142 cm³/mol. The van der Waals surface area contributed by atoms with Crippen molar-refractivity contribution < 1.29 is 18.8 Å². The van der Waals surface area contributed by atoms with Gasteiger partial charge in [-0.05, 0) is 83.7 Å². The number of aliphatic hydroxyl groups is 1. The first-order valence-electron chi connectivity index (χ1n) is 12.1. The van der Waals surface area contributed by atoms with Crippen molar-refractivity contribution in [3.8, 4) is 22.8 Å². The van der Waals surface area contributed by atoms with Crippen LogP contribution in [0.2, 0.25) is 0 Å². The van der Waals surface area contributed by atoms with Gasteiger partial charge in [0.15, 0.2) is 0 Å². The Morgan fingerprint density at radius 1 is 1.23 bits per heavy atom. The van der Waals surface area contributed by atoms with E-state index >= 15 is 0 Å². The van der Waals surface area contributed by atoms with Crippen LogP contribution < -0.4 is 9.47 Å². The van der Waals surface area contributed by atoms with Gasteiger partial charge in [0.25, 0.3) is 0 Å². The molecule has 5 nitrogen and oxygen atoms in total. The van der Waals surface area contributed by atoms with Crippen molar-refractivity contribution in [3.63, 3.8) is 0 Å². The Balaban J connectivity index is 1.39. The highest BCUT2D eigenvalue weighted by Gasteiger charge is 2.28. The van der Waals surface area contributed by atoms with Crippen LogP contribution in [0, 0.1) is 6.92 Å². The number of rotatable bonds is 9. The van der Waals surface area contributed by atoms with Crippen LogP contribution in [0.15, 0.2) is 47.5 Å². The number of thioether (sulfide) groups is 1. The standard InChI is InChI=1S/C28H31NO4S2/c1-18-13-21(32-10-4-12-35(2)31)14-20(17-30)28(18)24-6-3-5-23-22(24)7-8-25(23)33-27-15-26-19(16-29-27)9-11-34-26/h3,5-6,13-16,25,30H,4,7-12,17H2,1-2H3. The third kappa shape index (κ3) is 5.27. The molecular formula is C28H31NO4S2. The molecule has 0 bridgehead atoms. The topological polar surface area (TPSA) is 68.7 Å². The second-order valence-electron chi connectivity index (χ2n) is 9.16. The zero-order valence-electron chi connectivity index (χ0n) is 20.2. The van der Waals surface area contributed by atoms with E-state index < -0.39 is 10.8 Å². The highest BCUT2D eigenvalue weighted by molar-refractivity contribution is 7.99. The summed E-state index contributed by atoms with van der Waals surface area (Å²) in [5.74, 6) is 3.18. The fraction of sp³-hybridized carbons (Fsp3) is 0.393. The van der Waals surface area contributed by atoms with Crippen LogP contribution in [0.5, 0.6) is 11.6 Å². The molecule has 35 heavy (non-hydrogen) atoms. The minimum atomic E-state index is -0.814. The van der Waals surface area contributed by atoms with Crippen LogP contribution in [0.3, 0.4) is 0 Å². The van der Waals surface area contributed by atoms with Crippen molar-refractivity contribution in [1.29, 1.82) is 0 Å². The molecule has 2 atom stereocenters. The number of pyridine rings is 1. The second kappa shape index (κ2) is 10.7. The molecule has 0 saturated heterocycles. The minimum Gasteiger partial charge on any atom is -0.494 e. The molecule has 0 spiro atoms.